The monoisotopic (exact) mass is 362 g/mol. The molecule has 136 valence electrons. The first-order chi connectivity index (χ1) is 13.2. The highest BCUT2D eigenvalue weighted by molar-refractivity contribution is 5.90. The second-order valence-electron chi connectivity index (χ2n) is 5.89. The van der Waals surface area contributed by atoms with Crippen LogP contribution in [-0.2, 0) is 0 Å². The Morgan fingerprint density at radius 1 is 0.963 bits per heavy atom. The van der Waals surface area contributed by atoms with Crippen molar-refractivity contribution < 1.29 is 14.0 Å². The zero-order chi connectivity index (χ0) is 18.8. The van der Waals surface area contributed by atoms with Crippen LogP contribution in [0.3, 0.4) is 0 Å². The molecule has 0 fully saturated rings. The van der Waals surface area contributed by atoms with Crippen LogP contribution in [0, 0.1) is 0 Å². The molecule has 0 unspecified atom stereocenters. The molecule has 2 aromatic carbocycles. The fourth-order valence-corrected chi connectivity index (χ4v) is 2.92. The number of hydrogen-bond donors (Lipinski definition) is 0. The first-order valence-corrected chi connectivity index (χ1v) is 8.34. The van der Waals surface area contributed by atoms with Gasteiger partial charge < -0.3 is 14.0 Å². The van der Waals surface area contributed by atoms with Gasteiger partial charge in [0.2, 0.25) is 5.88 Å². The molecule has 0 aliphatic heterocycles. The molecule has 4 aromatic rings. The van der Waals surface area contributed by atoms with Gasteiger partial charge in [0.05, 0.1) is 19.7 Å². The maximum Gasteiger partial charge on any atom is 0.233 e. The van der Waals surface area contributed by atoms with Crippen molar-refractivity contribution in [2.75, 3.05) is 26.2 Å². The molecule has 0 bridgehead atoms. The van der Waals surface area contributed by atoms with Gasteiger partial charge in [-0.2, -0.15) is 0 Å². The van der Waals surface area contributed by atoms with Crippen LogP contribution in [-0.4, -0.2) is 36.4 Å². The van der Waals surface area contributed by atoms with Gasteiger partial charge in [-0.15, -0.1) is 0 Å². The summed E-state index contributed by atoms with van der Waals surface area (Å²) in [5.41, 5.74) is 2.34. The highest BCUT2D eigenvalue weighted by Crippen LogP contribution is 2.36. The molecule has 0 aliphatic carbocycles. The molecule has 0 aliphatic rings. The summed E-state index contributed by atoms with van der Waals surface area (Å²) in [5.74, 6) is 2.67. The second kappa shape index (κ2) is 6.95. The average Bonchev–Trinajstić information content (AvgIpc) is 3.22. The summed E-state index contributed by atoms with van der Waals surface area (Å²) in [7, 11) is 5.10. The normalized spacial score (nSPS) is 10.8. The number of methoxy groups -OCH3 is 2. The Labute approximate surface area is 156 Å². The van der Waals surface area contributed by atoms with Crippen LogP contribution in [0.1, 0.15) is 0 Å². The zero-order valence-electron chi connectivity index (χ0n) is 15.2. The van der Waals surface area contributed by atoms with E-state index in [2.05, 4.69) is 15.1 Å². The molecule has 4 rings (SSSR count). The molecule has 27 heavy (non-hydrogen) atoms. The number of aromatic nitrogens is 3. The van der Waals surface area contributed by atoms with Gasteiger partial charge in [-0.05, 0) is 24.3 Å². The van der Waals surface area contributed by atoms with Crippen molar-refractivity contribution in [1.29, 1.82) is 0 Å². The van der Waals surface area contributed by atoms with E-state index in [0.717, 1.165) is 22.3 Å². The van der Waals surface area contributed by atoms with E-state index in [1.54, 1.807) is 14.2 Å². The molecule has 2 heterocycles. The fraction of sp³-hybridized carbons (Fsp3) is 0.150. The van der Waals surface area contributed by atoms with E-state index in [-0.39, 0.29) is 0 Å². The minimum Gasteiger partial charge on any atom is -0.497 e. The number of anilines is 2. The Balaban J connectivity index is 1.72. The Hall–Kier alpha value is -3.61. The summed E-state index contributed by atoms with van der Waals surface area (Å²) < 4.78 is 16.3. The topological polar surface area (TPSA) is 73.5 Å². The minimum atomic E-state index is 0.562. The van der Waals surface area contributed by atoms with E-state index in [1.165, 1.54) is 6.33 Å². The summed E-state index contributed by atoms with van der Waals surface area (Å²) in [4.78, 5) is 10.5. The van der Waals surface area contributed by atoms with Crippen molar-refractivity contribution in [3.05, 3.63) is 54.9 Å². The Bertz CT molecular complexity index is 1090. The fourth-order valence-electron chi connectivity index (χ4n) is 2.92. The third-order valence-corrected chi connectivity index (χ3v) is 4.35. The quantitative estimate of drug-likeness (QED) is 0.530. The molecular weight excluding hydrogens is 344 g/mol. The van der Waals surface area contributed by atoms with E-state index in [4.69, 9.17) is 14.0 Å². The van der Waals surface area contributed by atoms with E-state index in [9.17, 15) is 0 Å². The average molecular weight is 362 g/mol. The van der Waals surface area contributed by atoms with Gasteiger partial charge in [-0.1, -0.05) is 17.3 Å². The van der Waals surface area contributed by atoms with Crippen molar-refractivity contribution >= 4 is 22.6 Å². The van der Waals surface area contributed by atoms with E-state index >= 15 is 0 Å². The molecule has 0 amide bonds. The number of hydrogen-bond acceptors (Lipinski definition) is 7. The third kappa shape index (κ3) is 3.03. The summed E-state index contributed by atoms with van der Waals surface area (Å²) in [6, 6.07) is 15.2. The van der Waals surface area contributed by atoms with Crippen molar-refractivity contribution in [2.24, 2.45) is 0 Å². The third-order valence-electron chi connectivity index (χ3n) is 4.35. The summed E-state index contributed by atoms with van der Waals surface area (Å²) in [6.45, 7) is 0. The Morgan fingerprint density at radius 2 is 1.81 bits per heavy atom. The molecule has 0 radical (unpaired) electrons. The number of ether oxygens (including phenoxy) is 2. The van der Waals surface area contributed by atoms with Crippen molar-refractivity contribution in [3.8, 4) is 22.8 Å². The molecule has 7 heteroatoms. The Morgan fingerprint density at radius 3 is 2.63 bits per heavy atom. The first-order valence-electron chi connectivity index (χ1n) is 8.34. The van der Waals surface area contributed by atoms with E-state index < -0.39 is 0 Å². The van der Waals surface area contributed by atoms with Crippen LogP contribution in [0.4, 0.5) is 11.7 Å². The lowest BCUT2D eigenvalue weighted by atomic mass is 10.1. The van der Waals surface area contributed by atoms with Gasteiger partial charge in [0.15, 0.2) is 0 Å². The zero-order valence-corrected chi connectivity index (χ0v) is 15.2. The van der Waals surface area contributed by atoms with Gasteiger partial charge in [0.25, 0.3) is 0 Å². The van der Waals surface area contributed by atoms with Crippen LogP contribution in [0.2, 0.25) is 0 Å². The number of rotatable bonds is 5. The van der Waals surface area contributed by atoms with Gasteiger partial charge >= 0.3 is 0 Å². The summed E-state index contributed by atoms with van der Waals surface area (Å²) >= 11 is 0. The van der Waals surface area contributed by atoms with Gasteiger partial charge in [-0.25, -0.2) is 9.97 Å². The molecule has 0 saturated heterocycles. The molecule has 0 N–H and O–H groups in total. The van der Waals surface area contributed by atoms with Crippen molar-refractivity contribution in [2.45, 2.75) is 0 Å². The number of benzene rings is 2. The van der Waals surface area contributed by atoms with Crippen LogP contribution in [0.5, 0.6) is 11.5 Å². The maximum atomic E-state index is 5.57. The lowest BCUT2D eigenvalue weighted by molar-refractivity contribution is 0.394. The van der Waals surface area contributed by atoms with E-state index in [0.29, 0.717) is 23.1 Å². The molecule has 0 atom stereocenters. The van der Waals surface area contributed by atoms with Gasteiger partial charge in [0, 0.05) is 30.1 Å². The van der Waals surface area contributed by atoms with Crippen LogP contribution >= 0.6 is 0 Å². The largest absolute Gasteiger partial charge is 0.497 e. The number of nitrogens with zero attached hydrogens (tertiary/aromatic N) is 4. The lowest BCUT2D eigenvalue weighted by Crippen LogP contribution is -2.11. The number of fused-ring (bicyclic) bond motifs is 1. The van der Waals surface area contributed by atoms with Crippen molar-refractivity contribution in [3.63, 3.8) is 0 Å². The maximum absolute atomic E-state index is 5.57. The Kier molecular flexibility index (Phi) is 4.33. The van der Waals surface area contributed by atoms with Crippen molar-refractivity contribution in [1.82, 2.24) is 15.1 Å². The molecule has 2 aromatic heterocycles. The summed E-state index contributed by atoms with van der Waals surface area (Å²) in [6.07, 6.45) is 1.54. The molecular formula is C20H18N4O3. The summed E-state index contributed by atoms with van der Waals surface area (Å²) in [5, 5.41) is 5.13. The van der Waals surface area contributed by atoms with Crippen LogP contribution in [0.25, 0.3) is 22.2 Å². The highest BCUT2D eigenvalue weighted by atomic mass is 16.5. The molecule has 0 saturated carbocycles. The smallest absolute Gasteiger partial charge is 0.233 e. The molecule has 7 nitrogen and oxygen atoms in total. The van der Waals surface area contributed by atoms with Crippen LogP contribution < -0.4 is 14.4 Å². The molecule has 0 spiro atoms. The first kappa shape index (κ1) is 16.8. The number of para-hydroxylation sites is 1. The van der Waals surface area contributed by atoms with Crippen LogP contribution in [0.15, 0.2) is 59.4 Å². The van der Waals surface area contributed by atoms with Gasteiger partial charge in [0.1, 0.15) is 29.3 Å². The highest BCUT2D eigenvalue weighted by Gasteiger charge is 2.17. The minimum absolute atomic E-state index is 0.562. The van der Waals surface area contributed by atoms with Gasteiger partial charge in [-0.3, -0.25) is 4.90 Å². The predicted molar refractivity (Wildman–Crippen MR) is 103 cm³/mol. The standard InChI is InChI=1S/C20H18N4O3/c1-24(20-15-6-4-5-7-16(15)21-12-22-20)19-11-17(23-27-19)14-9-8-13(25-2)10-18(14)26-3/h4-12H,1-3H3. The lowest BCUT2D eigenvalue weighted by Gasteiger charge is -2.15. The SMILES string of the molecule is COc1ccc(-c2cc(N(C)c3ncnc4ccccc34)on2)c(OC)c1. The van der Waals surface area contributed by atoms with E-state index in [1.807, 2.05) is 60.5 Å². The second-order valence-corrected chi connectivity index (χ2v) is 5.89. The predicted octanol–water partition coefficient (Wildman–Crippen LogP) is 4.07.